The molecule has 1 N–H and O–H groups in total. The number of rotatable bonds is 5. The molecule has 5 rings (SSSR count). The summed E-state index contributed by atoms with van der Waals surface area (Å²) in [5.41, 5.74) is 2.63. The Bertz CT molecular complexity index is 1260. The van der Waals surface area contributed by atoms with Gasteiger partial charge >= 0.3 is 0 Å². The van der Waals surface area contributed by atoms with Crippen molar-refractivity contribution in [2.45, 2.75) is 6.42 Å². The van der Waals surface area contributed by atoms with Gasteiger partial charge in [0.1, 0.15) is 11.3 Å². The summed E-state index contributed by atoms with van der Waals surface area (Å²) < 4.78 is 12.9. The summed E-state index contributed by atoms with van der Waals surface area (Å²) in [7, 11) is 0. The molecule has 1 aliphatic heterocycles. The van der Waals surface area contributed by atoms with E-state index in [-0.39, 0.29) is 24.0 Å². The van der Waals surface area contributed by atoms with Crippen molar-refractivity contribution in [3.05, 3.63) is 78.3 Å². The van der Waals surface area contributed by atoms with Crippen LogP contribution in [0.5, 0.6) is 0 Å². The van der Waals surface area contributed by atoms with Crippen molar-refractivity contribution >= 4 is 28.5 Å². The quantitative estimate of drug-likeness (QED) is 0.525. The van der Waals surface area contributed by atoms with Gasteiger partial charge in [0.25, 0.3) is 5.91 Å². The zero-order valence-electron chi connectivity index (χ0n) is 17.4. The molecule has 3 heterocycles. The van der Waals surface area contributed by atoms with Gasteiger partial charge in [0.2, 0.25) is 11.7 Å². The van der Waals surface area contributed by atoms with Crippen LogP contribution in [0.4, 0.5) is 5.69 Å². The first-order valence-corrected chi connectivity index (χ1v) is 10.5. The van der Waals surface area contributed by atoms with Gasteiger partial charge < -0.3 is 19.4 Å². The molecule has 2 aromatic carbocycles. The SMILES string of the molecule is O=C(Cc1cnn(-c2ccccc2)c1)Nc1c(C(=O)N2CCOCC2)oc2ccccc12. The van der Waals surface area contributed by atoms with Crippen LogP contribution in [0, 0.1) is 0 Å². The van der Waals surface area contributed by atoms with Crippen molar-refractivity contribution in [3.8, 4) is 5.69 Å². The van der Waals surface area contributed by atoms with E-state index in [9.17, 15) is 9.59 Å². The summed E-state index contributed by atoms with van der Waals surface area (Å²) in [4.78, 5) is 27.7. The average molecular weight is 430 g/mol. The first-order chi connectivity index (χ1) is 15.7. The number of carbonyl (C=O) groups excluding carboxylic acids is 2. The molecule has 4 aromatic rings. The zero-order valence-corrected chi connectivity index (χ0v) is 17.4. The van der Waals surface area contributed by atoms with Gasteiger partial charge in [-0.25, -0.2) is 4.68 Å². The summed E-state index contributed by atoms with van der Waals surface area (Å²) in [6.45, 7) is 1.95. The number of fused-ring (bicyclic) bond motifs is 1. The standard InChI is InChI=1S/C24H22N4O4/c29-21(14-17-15-25-28(16-17)18-6-2-1-3-7-18)26-22-19-8-4-5-9-20(19)32-23(22)24(30)27-10-12-31-13-11-27/h1-9,15-16H,10-14H2,(H,26,29). The van der Waals surface area contributed by atoms with Crippen molar-refractivity contribution in [3.63, 3.8) is 0 Å². The Kier molecular flexibility index (Phi) is 5.43. The van der Waals surface area contributed by atoms with E-state index < -0.39 is 0 Å². The van der Waals surface area contributed by atoms with Gasteiger partial charge in [-0.1, -0.05) is 30.3 Å². The fourth-order valence-corrected chi connectivity index (χ4v) is 3.77. The van der Waals surface area contributed by atoms with E-state index in [1.54, 1.807) is 21.8 Å². The molecule has 0 aliphatic carbocycles. The van der Waals surface area contributed by atoms with E-state index in [2.05, 4.69) is 10.4 Å². The molecule has 0 bridgehead atoms. The van der Waals surface area contributed by atoms with Crippen molar-refractivity contribution in [2.75, 3.05) is 31.6 Å². The van der Waals surface area contributed by atoms with Crippen LogP contribution in [0.2, 0.25) is 0 Å². The van der Waals surface area contributed by atoms with Crippen LogP contribution >= 0.6 is 0 Å². The highest BCUT2D eigenvalue weighted by molar-refractivity contribution is 6.11. The van der Waals surface area contributed by atoms with E-state index in [1.165, 1.54) is 0 Å². The lowest BCUT2D eigenvalue weighted by atomic mass is 10.2. The second-order valence-corrected chi connectivity index (χ2v) is 7.56. The number of nitrogens with zero attached hydrogens (tertiary/aromatic N) is 3. The number of hydrogen-bond donors (Lipinski definition) is 1. The summed E-state index contributed by atoms with van der Waals surface area (Å²) in [6, 6.07) is 17.0. The Morgan fingerprint density at radius 3 is 2.56 bits per heavy atom. The lowest BCUT2D eigenvalue weighted by molar-refractivity contribution is -0.115. The second kappa shape index (κ2) is 8.68. The average Bonchev–Trinajstić information content (AvgIpc) is 3.45. The normalized spacial score (nSPS) is 13.9. The highest BCUT2D eigenvalue weighted by Crippen LogP contribution is 2.32. The van der Waals surface area contributed by atoms with Crippen LogP contribution in [-0.4, -0.2) is 52.8 Å². The van der Waals surface area contributed by atoms with Crippen LogP contribution in [0.3, 0.4) is 0 Å². The summed E-state index contributed by atoms with van der Waals surface area (Å²) in [6.07, 6.45) is 3.61. The summed E-state index contributed by atoms with van der Waals surface area (Å²) in [5.74, 6) is -0.363. The molecular weight excluding hydrogens is 408 g/mol. The monoisotopic (exact) mass is 430 g/mol. The first kappa shape index (κ1) is 20.0. The molecule has 0 spiro atoms. The number of amides is 2. The molecule has 32 heavy (non-hydrogen) atoms. The van der Waals surface area contributed by atoms with Crippen LogP contribution < -0.4 is 5.32 Å². The fraction of sp³-hybridized carbons (Fsp3) is 0.208. The molecule has 1 aliphatic rings. The molecule has 0 atom stereocenters. The summed E-state index contributed by atoms with van der Waals surface area (Å²) >= 11 is 0. The van der Waals surface area contributed by atoms with Gasteiger partial charge in [0, 0.05) is 24.7 Å². The van der Waals surface area contributed by atoms with Gasteiger partial charge in [-0.3, -0.25) is 9.59 Å². The van der Waals surface area contributed by atoms with Gasteiger partial charge in [-0.05, 0) is 29.8 Å². The second-order valence-electron chi connectivity index (χ2n) is 7.56. The molecule has 162 valence electrons. The third-order valence-corrected chi connectivity index (χ3v) is 5.37. The molecule has 0 unspecified atom stereocenters. The van der Waals surface area contributed by atoms with Crippen molar-refractivity contribution in [2.24, 2.45) is 0 Å². The Balaban J connectivity index is 1.38. The maximum absolute atomic E-state index is 13.1. The highest BCUT2D eigenvalue weighted by atomic mass is 16.5. The van der Waals surface area contributed by atoms with Crippen molar-refractivity contribution in [1.82, 2.24) is 14.7 Å². The van der Waals surface area contributed by atoms with E-state index in [0.717, 1.165) is 11.3 Å². The number of benzene rings is 2. The zero-order chi connectivity index (χ0) is 21.9. The Morgan fingerprint density at radius 1 is 1.00 bits per heavy atom. The number of furan rings is 1. The maximum Gasteiger partial charge on any atom is 0.291 e. The Labute approximate surface area is 184 Å². The molecule has 2 aromatic heterocycles. The van der Waals surface area contributed by atoms with Crippen LogP contribution in [0.25, 0.3) is 16.7 Å². The minimum Gasteiger partial charge on any atom is -0.449 e. The number of ether oxygens (including phenoxy) is 1. The minimum atomic E-state index is -0.253. The molecule has 8 nitrogen and oxygen atoms in total. The Hall–Kier alpha value is -3.91. The topological polar surface area (TPSA) is 89.6 Å². The molecule has 1 fully saturated rings. The van der Waals surface area contributed by atoms with Crippen LogP contribution in [-0.2, 0) is 16.0 Å². The molecule has 8 heteroatoms. The van der Waals surface area contributed by atoms with E-state index >= 15 is 0 Å². The number of hydrogen-bond acceptors (Lipinski definition) is 5. The van der Waals surface area contributed by atoms with E-state index in [4.69, 9.17) is 9.15 Å². The van der Waals surface area contributed by atoms with E-state index in [1.807, 2.05) is 54.7 Å². The first-order valence-electron chi connectivity index (χ1n) is 10.5. The van der Waals surface area contributed by atoms with Crippen molar-refractivity contribution < 1.29 is 18.7 Å². The number of para-hydroxylation sites is 2. The van der Waals surface area contributed by atoms with Gasteiger partial charge in [-0.15, -0.1) is 0 Å². The van der Waals surface area contributed by atoms with Gasteiger partial charge in [0.05, 0.1) is 31.5 Å². The third kappa shape index (κ3) is 4.00. The van der Waals surface area contributed by atoms with Crippen LogP contribution in [0.15, 0.2) is 71.4 Å². The number of morpholine rings is 1. The fourth-order valence-electron chi connectivity index (χ4n) is 3.77. The number of carbonyl (C=O) groups is 2. The predicted octanol–water partition coefficient (Wildman–Crippen LogP) is 3.27. The number of anilines is 1. The molecule has 0 radical (unpaired) electrons. The molecule has 2 amide bonds. The molecule has 0 saturated carbocycles. The van der Waals surface area contributed by atoms with Crippen LogP contribution in [0.1, 0.15) is 16.1 Å². The highest BCUT2D eigenvalue weighted by Gasteiger charge is 2.27. The predicted molar refractivity (Wildman–Crippen MR) is 119 cm³/mol. The smallest absolute Gasteiger partial charge is 0.291 e. The van der Waals surface area contributed by atoms with Crippen molar-refractivity contribution in [1.29, 1.82) is 0 Å². The number of aromatic nitrogens is 2. The largest absolute Gasteiger partial charge is 0.449 e. The third-order valence-electron chi connectivity index (χ3n) is 5.37. The van der Waals surface area contributed by atoms with Gasteiger partial charge in [0.15, 0.2) is 0 Å². The summed E-state index contributed by atoms with van der Waals surface area (Å²) in [5, 5.41) is 7.93. The molecular formula is C24H22N4O4. The lowest BCUT2D eigenvalue weighted by Gasteiger charge is -2.26. The lowest BCUT2D eigenvalue weighted by Crippen LogP contribution is -2.40. The minimum absolute atomic E-state index is 0.123. The molecule has 1 saturated heterocycles. The number of nitrogens with one attached hydrogen (secondary N) is 1. The van der Waals surface area contributed by atoms with E-state index in [0.29, 0.717) is 43.0 Å². The Morgan fingerprint density at radius 2 is 1.75 bits per heavy atom. The maximum atomic E-state index is 13.1. The van der Waals surface area contributed by atoms with Gasteiger partial charge in [-0.2, -0.15) is 5.10 Å².